The first-order chi connectivity index (χ1) is 10.1. The number of hydrogen-bond donors (Lipinski definition) is 0. The van der Waals surface area contributed by atoms with Gasteiger partial charge in [-0.05, 0) is 55.8 Å². The molecule has 2 aromatic rings. The molecule has 0 aliphatic carbocycles. The van der Waals surface area contributed by atoms with Gasteiger partial charge in [0.05, 0.1) is 7.11 Å². The smallest absolute Gasteiger partial charge is 0.169 e. The van der Waals surface area contributed by atoms with Crippen molar-refractivity contribution in [3.8, 4) is 17.2 Å². The first-order valence-corrected chi connectivity index (χ1v) is 6.73. The van der Waals surface area contributed by atoms with Crippen LogP contribution in [0.15, 0.2) is 48.5 Å². The minimum atomic E-state index is 0.0369. The molecule has 0 saturated heterocycles. The van der Waals surface area contributed by atoms with Crippen LogP contribution in [0.3, 0.4) is 0 Å². The van der Waals surface area contributed by atoms with Crippen LogP contribution in [0.5, 0.6) is 17.2 Å². The summed E-state index contributed by atoms with van der Waals surface area (Å²) in [7, 11) is 1.61. The van der Waals surface area contributed by atoms with E-state index in [1.54, 1.807) is 38.3 Å². The molecule has 0 atom stereocenters. The SMILES string of the molecule is CC=Cc1ccc(Oc2ccc(C(C)=O)cc2)c(OC)c1. The fourth-order valence-corrected chi connectivity index (χ4v) is 1.95. The molecule has 0 fully saturated rings. The van der Waals surface area contributed by atoms with Gasteiger partial charge in [-0.3, -0.25) is 4.79 Å². The maximum absolute atomic E-state index is 11.2. The van der Waals surface area contributed by atoms with E-state index in [-0.39, 0.29) is 5.78 Å². The van der Waals surface area contributed by atoms with Gasteiger partial charge in [-0.25, -0.2) is 0 Å². The lowest BCUT2D eigenvalue weighted by Gasteiger charge is -2.11. The molecular formula is C18H18O3. The van der Waals surface area contributed by atoms with Gasteiger partial charge >= 0.3 is 0 Å². The predicted octanol–water partition coefficient (Wildman–Crippen LogP) is 4.72. The fraction of sp³-hybridized carbons (Fsp3) is 0.167. The Hall–Kier alpha value is -2.55. The molecule has 2 aromatic carbocycles. The molecule has 0 unspecified atom stereocenters. The second-order valence-electron chi connectivity index (χ2n) is 4.59. The van der Waals surface area contributed by atoms with E-state index in [0.717, 1.165) is 5.56 Å². The minimum absolute atomic E-state index is 0.0369. The van der Waals surface area contributed by atoms with E-state index in [9.17, 15) is 4.79 Å². The summed E-state index contributed by atoms with van der Waals surface area (Å²) >= 11 is 0. The van der Waals surface area contributed by atoms with Crippen LogP contribution >= 0.6 is 0 Å². The maximum atomic E-state index is 11.2. The Labute approximate surface area is 124 Å². The summed E-state index contributed by atoms with van der Waals surface area (Å²) in [6, 6.07) is 12.8. The molecule has 3 nitrogen and oxygen atoms in total. The summed E-state index contributed by atoms with van der Waals surface area (Å²) in [6.07, 6.45) is 3.96. The van der Waals surface area contributed by atoms with Gasteiger partial charge in [0.25, 0.3) is 0 Å². The molecule has 0 bridgehead atoms. The van der Waals surface area contributed by atoms with Gasteiger partial charge in [0, 0.05) is 5.56 Å². The molecule has 0 amide bonds. The van der Waals surface area contributed by atoms with E-state index in [1.165, 1.54) is 0 Å². The van der Waals surface area contributed by atoms with Crippen LogP contribution in [0.4, 0.5) is 0 Å². The highest BCUT2D eigenvalue weighted by atomic mass is 16.5. The summed E-state index contributed by atoms with van der Waals surface area (Å²) in [5, 5.41) is 0. The minimum Gasteiger partial charge on any atom is -0.493 e. The van der Waals surface area contributed by atoms with Crippen molar-refractivity contribution in [1.29, 1.82) is 0 Å². The van der Waals surface area contributed by atoms with Crippen molar-refractivity contribution in [3.63, 3.8) is 0 Å². The molecule has 0 aromatic heterocycles. The Morgan fingerprint density at radius 3 is 2.33 bits per heavy atom. The summed E-state index contributed by atoms with van der Waals surface area (Å²) < 4.78 is 11.2. The number of ether oxygens (including phenoxy) is 2. The molecule has 3 heteroatoms. The van der Waals surface area contributed by atoms with E-state index in [2.05, 4.69) is 0 Å². The van der Waals surface area contributed by atoms with Crippen molar-refractivity contribution in [2.75, 3.05) is 7.11 Å². The van der Waals surface area contributed by atoms with Crippen LogP contribution < -0.4 is 9.47 Å². The van der Waals surface area contributed by atoms with Crippen LogP contribution in [0.1, 0.15) is 29.8 Å². The van der Waals surface area contributed by atoms with Crippen molar-refractivity contribution in [2.24, 2.45) is 0 Å². The number of allylic oxidation sites excluding steroid dienone is 1. The van der Waals surface area contributed by atoms with Gasteiger partial charge in [0.1, 0.15) is 5.75 Å². The third kappa shape index (κ3) is 3.72. The summed E-state index contributed by atoms with van der Waals surface area (Å²) in [5.74, 6) is 2.01. The van der Waals surface area contributed by atoms with Crippen molar-refractivity contribution in [1.82, 2.24) is 0 Å². The number of methoxy groups -OCH3 is 1. The molecule has 0 heterocycles. The van der Waals surface area contributed by atoms with Crippen LogP contribution in [0, 0.1) is 0 Å². The zero-order valence-electron chi connectivity index (χ0n) is 12.4. The number of Topliss-reactive ketones (excluding diaryl/α,β-unsaturated/α-hetero) is 1. The van der Waals surface area contributed by atoms with Gasteiger partial charge in [0.2, 0.25) is 0 Å². The molecule has 0 N–H and O–H groups in total. The van der Waals surface area contributed by atoms with Crippen LogP contribution in [0.2, 0.25) is 0 Å². The quantitative estimate of drug-likeness (QED) is 0.744. The van der Waals surface area contributed by atoms with E-state index in [1.807, 2.05) is 37.3 Å². The second-order valence-corrected chi connectivity index (χ2v) is 4.59. The predicted molar refractivity (Wildman–Crippen MR) is 84.2 cm³/mol. The van der Waals surface area contributed by atoms with Crippen LogP contribution in [-0.2, 0) is 0 Å². The molecule has 108 valence electrons. The molecule has 21 heavy (non-hydrogen) atoms. The Bertz CT molecular complexity index is 655. The molecule has 0 spiro atoms. The Kier molecular flexibility index (Phi) is 4.77. The number of carbonyl (C=O) groups excluding carboxylic acids is 1. The summed E-state index contributed by atoms with van der Waals surface area (Å²) in [6.45, 7) is 3.51. The molecule has 2 rings (SSSR count). The lowest BCUT2D eigenvalue weighted by Crippen LogP contribution is -1.93. The first-order valence-electron chi connectivity index (χ1n) is 6.73. The van der Waals surface area contributed by atoms with E-state index >= 15 is 0 Å². The van der Waals surface area contributed by atoms with Gasteiger partial charge < -0.3 is 9.47 Å². The zero-order chi connectivity index (χ0) is 15.2. The number of rotatable bonds is 5. The van der Waals surface area contributed by atoms with E-state index < -0.39 is 0 Å². The molecule has 0 saturated carbocycles. The Balaban J connectivity index is 2.24. The van der Waals surface area contributed by atoms with Gasteiger partial charge in [-0.1, -0.05) is 18.2 Å². The topological polar surface area (TPSA) is 35.5 Å². The van der Waals surface area contributed by atoms with E-state index in [0.29, 0.717) is 22.8 Å². The summed E-state index contributed by atoms with van der Waals surface area (Å²) in [5.41, 5.74) is 1.71. The average molecular weight is 282 g/mol. The highest BCUT2D eigenvalue weighted by Crippen LogP contribution is 2.32. The van der Waals surface area contributed by atoms with Crippen molar-refractivity contribution in [2.45, 2.75) is 13.8 Å². The van der Waals surface area contributed by atoms with Gasteiger partial charge in [-0.2, -0.15) is 0 Å². The van der Waals surface area contributed by atoms with E-state index in [4.69, 9.17) is 9.47 Å². The monoisotopic (exact) mass is 282 g/mol. The fourth-order valence-electron chi connectivity index (χ4n) is 1.95. The van der Waals surface area contributed by atoms with Crippen molar-refractivity contribution in [3.05, 3.63) is 59.7 Å². The summed E-state index contributed by atoms with van der Waals surface area (Å²) in [4.78, 5) is 11.2. The first kappa shape index (κ1) is 14.9. The van der Waals surface area contributed by atoms with Crippen molar-refractivity contribution >= 4 is 11.9 Å². The Morgan fingerprint density at radius 1 is 1.05 bits per heavy atom. The van der Waals surface area contributed by atoms with Crippen LogP contribution in [-0.4, -0.2) is 12.9 Å². The highest BCUT2D eigenvalue weighted by Gasteiger charge is 2.07. The number of benzene rings is 2. The number of hydrogen-bond acceptors (Lipinski definition) is 3. The number of carbonyl (C=O) groups is 1. The standard InChI is InChI=1S/C18H18O3/c1-4-5-14-6-11-17(18(12-14)20-3)21-16-9-7-15(8-10-16)13(2)19/h4-12H,1-3H3. The lowest BCUT2D eigenvalue weighted by atomic mass is 10.1. The van der Waals surface area contributed by atoms with Gasteiger partial charge in [-0.15, -0.1) is 0 Å². The molecular weight excluding hydrogens is 264 g/mol. The third-order valence-electron chi connectivity index (χ3n) is 3.04. The normalized spacial score (nSPS) is 10.6. The maximum Gasteiger partial charge on any atom is 0.169 e. The lowest BCUT2D eigenvalue weighted by molar-refractivity contribution is 0.101. The van der Waals surface area contributed by atoms with Crippen molar-refractivity contribution < 1.29 is 14.3 Å². The molecule has 0 aliphatic rings. The second kappa shape index (κ2) is 6.75. The number of ketones is 1. The molecule has 0 radical (unpaired) electrons. The van der Waals surface area contributed by atoms with Gasteiger partial charge in [0.15, 0.2) is 17.3 Å². The average Bonchev–Trinajstić information content (AvgIpc) is 2.49. The third-order valence-corrected chi connectivity index (χ3v) is 3.04. The zero-order valence-corrected chi connectivity index (χ0v) is 12.4. The highest BCUT2D eigenvalue weighted by molar-refractivity contribution is 5.94. The Morgan fingerprint density at radius 2 is 1.76 bits per heavy atom. The van der Waals surface area contributed by atoms with Crippen LogP contribution in [0.25, 0.3) is 6.08 Å². The molecule has 0 aliphatic heterocycles. The largest absolute Gasteiger partial charge is 0.493 e.